The summed E-state index contributed by atoms with van der Waals surface area (Å²) in [6.07, 6.45) is 2.73. The highest BCUT2D eigenvalue weighted by Crippen LogP contribution is 2.14. The van der Waals surface area contributed by atoms with Gasteiger partial charge in [-0.15, -0.1) is 0 Å². The van der Waals surface area contributed by atoms with Crippen LogP contribution in [0.25, 0.3) is 10.9 Å². The summed E-state index contributed by atoms with van der Waals surface area (Å²) in [7, 11) is 1.64. The van der Waals surface area contributed by atoms with Crippen LogP contribution in [-0.4, -0.2) is 23.2 Å². The number of pyridine rings is 1. The third kappa shape index (κ3) is 4.71. The number of aromatic nitrogens is 1. The number of aromatic carboxylic acids is 1. The predicted molar refractivity (Wildman–Crippen MR) is 124 cm³/mol. The van der Waals surface area contributed by atoms with Gasteiger partial charge in [0.15, 0.2) is 5.43 Å². The highest BCUT2D eigenvalue weighted by atomic mass is 16.5. The van der Waals surface area contributed by atoms with Gasteiger partial charge in [0.25, 0.3) is 0 Å². The van der Waals surface area contributed by atoms with Gasteiger partial charge in [-0.3, -0.25) is 4.79 Å². The molecule has 0 saturated carbocycles. The molecule has 0 atom stereocenters. The maximum Gasteiger partial charge on any atom is 0.335 e. The molecule has 0 radical (unpaired) electrons. The Morgan fingerprint density at radius 3 is 2.41 bits per heavy atom. The van der Waals surface area contributed by atoms with E-state index in [1.54, 1.807) is 37.6 Å². The number of benzene rings is 3. The van der Waals surface area contributed by atoms with E-state index in [1.807, 2.05) is 42.5 Å². The molecule has 4 rings (SSSR count). The Hall–Kier alpha value is -4.30. The molecule has 0 spiro atoms. The van der Waals surface area contributed by atoms with E-state index in [2.05, 4.69) is 16.8 Å². The van der Waals surface area contributed by atoms with Crippen molar-refractivity contribution < 1.29 is 14.6 Å². The first-order chi connectivity index (χ1) is 15.5. The Morgan fingerprint density at radius 2 is 1.72 bits per heavy atom. The van der Waals surface area contributed by atoms with Crippen molar-refractivity contribution >= 4 is 16.9 Å². The first kappa shape index (κ1) is 21.0. The largest absolute Gasteiger partial charge is 0.497 e. The van der Waals surface area contributed by atoms with E-state index in [-0.39, 0.29) is 11.0 Å². The smallest absolute Gasteiger partial charge is 0.335 e. The number of nitrogens with one attached hydrogen (secondary N) is 1. The van der Waals surface area contributed by atoms with Crippen molar-refractivity contribution in [3.05, 3.63) is 111 Å². The minimum absolute atomic E-state index is 0.0557. The van der Waals surface area contributed by atoms with Gasteiger partial charge in [-0.25, -0.2) is 4.79 Å². The number of rotatable bonds is 5. The quantitative estimate of drug-likeness (QED) is 0.466. The summed E-state index contributed by atoms with van der Waals surface area (Å²) in [5, 5.41) is 9.61. The van der Waals surface area contributed by atoms with Crippen LogP contribution in [0.5, 0.6) is 5.75 Å². The number of H-pyrrole nitrogens is 1. The number of hydrogen-bond donors (Lipinski definition) is 2. The molecule has 4 aromatic rings. The number of ether oxygens (including phenoxy) is 1. The zero-order valence-electron chi connectivity index (χ0n) is 17.5. The predicted octanol–water partition coefficient (Wildman–Crippen LogP) is 4.42. The first-order valence-corrected chi connectivity index (χ1v) is 10.1. The maximum absolute atomic E-state index is 13.0. The Bertz CT molecular complexity index is 1390. The lowest BCUT2D eigenvalue weighted by Gasteiger charge is -2.05. The van der Waals surface area contributed by atoms with E-state index in [4.69, 9.17) is 9.84 Å². The van der Waals surface area contributed by atoms with Crippen molar-refractivity contribution in [2.75, 3.05) is 7.11 Å². The Balaban J connectivity index is 1.56. The third-order valence-corrected chi connectivity index (χ3v) is 5.24. The van der Waals surface area contributed by atoms with Crippen LogP contribution < -0.4 is 10.2 Å². The minimum atomic E-state index is -0.972. The fraction of sp³-hybridized carbons (Fsp3) is 0.111. The van der Waals surface area contributed by atoms with Crippen molar-refractivity contribution in [3.8, 4) is 17.6 Å². The van der Waals surface area contributed by atoms with Gasteiger partial charge in [-0.05, 0) is 53.6 Å². The molecular weight excluding hydrogens is 402 g/mol. The molecule has 0 amide bonds. The standard InChI is InChI=1S/C27H21NO4/c1-32-23-12-7-18(8-13-23)3-2-4-19-9-14-25-24(16-19)26(29)22(17-28-25)15-20-5-10-21(11-6-20)27(30)31/h5-14,16-17H,3,15H2,1H3,(H,28,29)(H,30,31). The molecule has 0 fully saturated rings. The Labute approximate surface area is 185 Å². The molecule has 1 aromatic heterocycles. The van der Waals surface area contributed by atoms with Crippen LogP contribution in [0, 0.1) is 11.8 Å². The van der Waals surface area contributed by atoms with Crippen LogP contribution in [0.4, 0.5) is 0 Å². The summed E-state index contributed by atoms with van der Waals surface area (Å²) in [6.45, 7) is 0. The normalized spacial score (nSPS) is 10.4. The number of hydrogen-bond acceptors (Lipinski definition) is 3. The second-order valence-electron chi connectivity index (χ2n) is 7.41. The average Bonchev–Trinajstić information content (AvgIpc) is 2.82. The van der Waals surface area contributed by atoms with Crippen molar-refractivity contribution in [2.45, 2.75) is 12.8 Å². The zero-order valence-corrected chi connectivity index (χ0v) is 17.5. The van der Waals surface area contributed by atoms with Crippen LogP contribution in [0.3, 0.4) is 0 Å². The summed E-state index contributed by atoms with van der Waals surface area (Å²) < 4.78 is 5.16. The topological polar surface area (TPSA) is 79.4 Å². The monoisotopic (exact) mass is 423 g/mol. The molecule has 0 saturated heterocycles. The highest BCUT2D eigenvalue weighted by molar-refractivity contribution is 5.87. The summed E-state index contributed by atoms with van der Waals surface area (Å²) in [4.78, 5) is 27.2. The summed E-state index contributed by atoms with van der Waals surface area (Å²) >= 11 is 0. The van der Waals surface area contributed by atoms with Crippen LogP contribution in [-0.2, 0) is 12.8 Å². The molecule has 0 aliphatic heterocycles. The fourth-order valence-electron chi connectivity index (χ4n) is 3.45. The highest BCUT2D eigenvalue weighted by Gasteiger charge is 2.08. The van der Waals surface area contributed by atoms with Gasteiger partial charge in [0, 0.05) is 41.1 Å². The van der Waals surface area contributed by atoms with Gasteiger partial charge in [-0.2, -0.15) is 0 Å². The number of methoxy groups -OCH3 is 1. The van der Waals surface area contributed by atoms with Crippen LogP contribution >= 0.6 is 0 Å². The van der Waals surface area contributed by atoms with E-state index >= 15 is 0 Å². The van der Waals surface area contributed by atoms with E-state index in [1.165, 1.54) is 0 Å². The molecule has 5 nitrogen and oxygen atoms in total. The molecular formula is C27H21NO4. The summed E-state index contributed by atoms with van der Waals surface area (Å²) in [6, 6.07) is 19.9. The van der Waals surface area contributed by atoms with Gasteiger partial charge in [0.2, 0.25) is 0 Å². The number of fused-ring (bicyclic) bond motifs is 1. The van der Waals surface area contributed by atoms with Gasteiger partial charge < -0.3 is 14.8 Å². The first-order valence-electron chi connectivity index (χ1n) is 10.1. The number of carboxylic acids is 1. The van der Waals surface area contributed by atoms with Crippen molar-refractivity contribution in [3.63, 3.8) is 0 Å². The molecule has 0 unspecified atom stereocenters. The van der Waals surface area contributed by atoms with Crippen LogP contribution in [0.2, 0.25) is 0 Å². The lowest BCUT2D eigenvalue weighted by atomic mass is 10.0. The molecule has 3 aromatic carbocycles. The molecule has 158 valence electrons. The molecule has 2 N–H and O–H groups in total. The second-order valence-corrected chi connectivity index (χ2v) is 7.41. The lowest BCUT2D eigenvalue weighted by molar-refractivity contribution is 0.0697. The molecule has 1 heterocycles. The fourth-order valence-corrected chi connectivity index (χ4v) is 3.45. The third-order valence-electron chi connectivity index (χ3n) is 5.24. The molecule has 32 heavy (non-hydrogen) atoms. The number of carbonyl (C=O) groups is 1. The van der Waals surface area contributed by atoms with Crippen molar-refractivity contribution in [1.29, 1.82) is 0 Å². The minimum Gasteiger partial charge on any atom is -0.497 e. The van der Waals surface area contributed by atoms with Crippen LogP contribution in [0.15, 0.2) is 77.7 Å². The lowest BCUT2D eigenvalue weighted by Crippen LogP contribution is -2.11. The van der Waals surface area contributed by atoms with Gasteiger partial charge in [-0.1, -0.05) is 36.1 Å². The van der Waals surface area contributed by atoms with Gasteiger partial charge in [0.05, 0.1) is 12.7 Å². The SMILES string of the molecule is COc1ccc(CC#Cc2ccc3[nH]cc(Cc4ccc(C(=O)O)cc4)c(=O)c3c2)cc1. The van der Waals surface area contributed by atoms with E-state index in [9.17, 15) is 9.59 Å². The van der Waals surface area contributed by atoms with Gasteiger partial charge in [0.1, 0.15) is 5.75 Å². The Kier molecular flexibility index (Phi) is 6.05. The average molecular weight is 423 g/mol. The second kappa shape index (κ2) is 9.23. The molecule has 5 heteroatoms. The molecule has 0 bridgehead atoms. The number of carboxylic acid groups (broad SMARTS) is 1. The van der Waals surface area contributed by atoms with E-state index < -0.39 is 5.97 Å². The molecule has 0 aliphatic rings. The van der Waals surface area contributed by atoms with Gasteiger partial charge >= 0.3 is 5.97 Å². The summed E-state index contributed by atoms with van der Waals surface area (Å²) in [5.41, 5.74) is 4.27. The number of aromatic amines is 1. The Morgan fingerprint density at radius 1 is 1.00 bits per heavy atom. The van der Waals surface area contributed by atoms with E-state index in [0.717, 1.165) is 28.0 Å². The zero-order chi connectivity index (χ0) is 22.5. The van der Waals surface area contributed by atoms with Crippen molar-refractivity contribution in [1.82, 2.24) is 4.98 Å². The van der Waals surface area contributed by atoms with Crippen molar-refractivity contribution in [2.24, 2.45) is 0 Å². The van der Waals surface area contributed by atoms with Crippen LogP contribution in [0.1, 0.15) is 32.6 Å². The van der Waals surface area contributed by atoms with E-state index in [0.29, 0.717) is 23.8 Å². The summed E-state index contributed by atoms with van der Waals surface area (Å²) in [5.74, 6) is 6.13. The maximum atomic E-state index is 13.0. The molecule has 0 aliphatic carbocycles.